The van der Waals surface area contributed by atoms with Crippen LogP contribution in [0.4, 0.5) is 4.39 Å². The van der Waals surface area contributed by atoms with Gasteiger partial charge in [-0.05, 0) is 48.9 Å². The number of pyridine rings is 1. The number of ether oxygens (including phenoxy) is 1. The number of carbonyl (C=O) groups is 1. The van der Waals surface area contributed by atoms with Gasteiger partial charge in [0.25, 0.3) is 5.95 Å². The summed E-state index contributed by atoms with van der Waals surface area (Å²) < 4.78 is 19.4. The number of hydroxylamine groups is 2. The van der Waals surface area contributed by atoms with Gasteiger partial charge in [0.1, 0.15) is 0 Å². The molecule has 2 heterocycles. The zero-order chi connectivity index (χ0) is 17.2. The first-order valence-electron chi connectivity index (χ1n) is 8.48. The van der Waals surface area contributed by atoms with E-state index in [4.69, 9.17) is 9.57 Å². The van der Waals surface area contributed by atoms with Crippen LogP contribution in [0.5, 0.6) is 5.75 Å². The molecule has 1 saturated heterocycles. The molecule has 1 aromatic carbocycles. The summed E-state index contributed by atoms with van der Waals surface area (Å²) in [6.07, 6.45) is 3.06. The lowest BCUT2D eigenvalue weighted by Crippen LogP contribution is -2.27. The van der Waals surface area contributed by atoms with Crippen LogP contribution in [0.15, 0.2) is 48.7 Å². The highest BCUT2D eigenvalue weighted by atomic mass is 19.1. The predicted octanol–water partition coefficient (Wildman–Crippen LogP) is 3.08. The average Bonchev–Trinajstić information content (AvgIpc) is 3.15. The minimum absolute atomic E-state index is 0.0133. The van der Waals surface area contributed by atoms with Gasteiger partial charge in [-0.1, -0.05) is 18.2 Å². The summed E-state index contributed by atoms with van der Waals surface area (Å²) in [4.78, 5) is 21.2. The van der Waals surface area contributed by atoms with Crippen molar-refractivity contribution in [2.45, 2.75) is 18.9 Å². The molecule has 1 saturated carbocycles. The molecule has 1 aliphatic carbocycles. The second-order valence-electron chi connectivity index (χ2n) is 6.62. The van der Waals surface area contributed by atoms with Gasteiger partial charge >= 0.3 is 5.97 Å². The van der Waals surface area contributed by atoms with Crippen LogP contribution >= 0.6 is 0 Å². The normalized spacial score (nSPS) is 25.6. The molecule has 2 fully saturated rings. The molecule has 25 heavy (non-hydrogen) atoms. The van der Waals surface area contributed by atoms with Crippen LogP contribution in [0.3, 0.4) is 0 Å². The Bertz CT molecular complexity index is 741. The number of nitrogens with zero attached hydrogens (tertiary/aromatic N) is 2. The minimum Gasteiger partial charge on any atom is -0.486 e. The maximum Gasteiger partial charge on any atom is 0.357 e. The van der Waals surface area contributed by atoms with Gasteiger partial charge in [0, 0.05) is 19.3 Å². The third-order valence-corrected chi connectivity index (χ3v) is 4.91. The van der Waals surface area contributed by atoms with Gasteiger partial charge in [0.2, 0.25) is 0 Å². The van der Waals surface area contributed by atoms with Crippen molar-refractivity contribution in [3.05, 3.63) is 60.2 Å². The standard InChI is InChI=1S/C19H19FN2O3/c20-18-17(7-4-8-21-18)24-16-9-14-11-22(12-15(14)10-16)25-19(23)13-5-2-1-3-6-13/h1-8,14-16H,9-12H2/t14-,15+,16?. The van der Waals surface area contributed by atoms with Crippen LogP contribution in [0.25, 0.3) is 0 Å². The zero-order valence-electron chi connectivity index (χ0n) is 13.7. The summed E-state index contributed by atoms with van der Waals surface area (Å²) in [5.41, 5.74) is 0.549. The van der Waals surface area contributed by atoms with Crippen LogP contribution in [-0.2, 0) is 4.84 Å². The summed E-state index contributed by atoms with van der Waals surface area (Å²) in [6.45, 7) is 1.39. The quantitative estimate of drug-likeness (QED) is 0.799. The number of hydrogen-bond donors (Lipinski definition) is 0. The monoisotopic (exact) mass is 342 g/mol. The lowest BCUT2D eigenvalue weighted by Gasteiger charge is -2.19. The van der Waals surface area contributed by atoms with Crippen LogP contribution < -0.4 is 4.74 Å². The topological polar surface area (TPSA) is 51.7 Å². The Morgan fingerprint density at radius 2 is 1.80 bits per heavy atom. The van der Waals surface area contributed by atoms with Gasteiger partial charge in [-0.25, -0.2) is 9.78 Å². The first-order chi connectivity index (χ1) is 12.2. The number of fused-ring (bicyclic) bond motifs is 1. The molecule has 1 aromatic heterocycles. The number of carbonyl (C=O) groups excluding carboxylic acids is 1. The lowest BCUT2D eigenvalue weighted by atomic mass is 10.0. The molecule has 130 valence electrons. The first kappa shape index (κ1) is 16.0. The SMILES string of the molecule is O=C(ON1C[C@H]2CC(Oc3cccnc3F)C[C@H]2C1)c1ccccc1. The van der Waals surface area contributed by atoms with E-state index >= 15 is 0 Å². The molecule has 3 atom stereocenters. The second-order valence-corrected chi connectivity index (χ2v) is 6.62. The Labute approximate surface area is 145 Å². The minimum atomic E-state index is -0.571. The molecule has 1 unspecified atom stereocenters. The van der Waals surface area contributed by atoms with Crippen molar-refractivity contribution < 1.29 is 18.8 Å². The molecule has 0 bridgehead atoms. The summed E-state index contributed by atoms with van der Waals surface area (Å²) >= 11 is 0. The summed E-state index contributed by atoms with van der Waals surface area (Å²) in [5.74, 6) is 0.102. The maximum absolute atomic E-state index is 13.6. The molecule has 0 radical (unpaired) electrons. The molecule has 4 rings (SSSR count). The predicted molar refractivity (Wildman–Crippen MR) is 88.3 cm³/mol. The van der Waals surface area contributed by atoms with E-state index in [1.54, 1.807) is 29.3 Å². The number of benzene rings is 1. The largest absolute Gasteiger partial charge is 0.486 e. The van der Waals surface area contributed by atoms with E-state index in [2.05, 4.69) is 4.98 Å². The number of hydrogen-bond acceptors (Lipinski definition) is 5. The molecule has 2 aromatic rings. The number of aromatic nitrogens is 1. The summed E-state index contributed by atoms with van der Waals surface area (Å²) in [6, 6.07) is 12.2. The Morgan fingerprint density at radius 1 is 1.08 bits per heavy atom. The molecule has 1 aliphatic heterocycles. The number of rotatable bonds is 4. The lowest BCUT2D eigenvalue weighted by molar-refractivity contribution is -0.0991. The molecule has 6 heteroatoms. The van der Waals surface area contributed by atoms with Crippen LogP contribution in [0.2, 0.25) is 0 Å². The summed E-state index contributed by atoms with van der Waals surface area (Å²) in [5, 5.41) is 1.74. The Balaban J connectivity index is 1.30. The zero-order valence-corrected chi connectivity index (χ0v) is 13.7. The van der Waals surface area contributed by atoms with E-state index < -0.39 is 5.95 Å². The Hall–Kier alpha value is -2.47. The van der Waals surface area contributed by atoms with E-state index in [1.165, 1.54) is 6.20 Å². The highest BCUT2D eigenvalue weighted by Gasteiger charge is 2.43. The highest BCUT2D eigenvalue weighted by molar-refractivity contribution is 5.89. The average molecular weight is 342 g/mol. The van der Waals surface area contributed by atoms with Gasteiger partial charge in [-0.2, -0.15) is 4.39 Å². The fraction of sp³-hybridized carbons (Fsp3) is 0.368. The molecule has 0 N–H and O–H groups in total. The van der Waals surface area contributed by atoms with E-state index in [1.807, 2.05) is 18.2 Å². The highest BCUT2D eigenvalue weighted by Crippen LogP contribution is 2.40. The van der Waals surface area contributed by atoms with E-state index in [0.717, 1.165) is 12.8 Å². The van der Waals surface area contributed by atoms with Gasteiger partial charge < -0.3 is 9.57 Å². The van der Waals surface area contributed by atoms with Gasteiger partial charge in [0.15, 0.2) is 5.75 Å². The molecule has 2 aliphatic rings. The van der Waals surface area contributed by atoms with Gasteiger partial charge in [-0.3, -0.25) is 0 Å². The van der Waals surface area contributed by atoms with Crippen molar-refractivity contribution in [3.63, 3.8) is 0 Å². The van der Waals surface area contributed by atoms with Crippen molar-refractivity contribution in [3.8, 4) is 5.75 Å². The van der Waals surface area contributed by atoms with Crippen molar-refractivity contribution >= 4 is 5.97 Å². The Morgan fingerprint density at radius 3 is 2.48 bits per heavy atom. The third kappa shape index (κ3) is 3.49. The van der Waals surface area contributed by atoms with Gasteiger partial charge in [-0.15, -0.1) is 5.06 Å². The maximum atomic E-state index is 13.6. The fourth-order valence-corrected chi connectivity index (χ4v) is 3.76. The molecule has 0 amide bonds. The smallest absolute Gasteiger partial charge is 0.357 e. The van der Waals surface area contributed by atoms with Crippen LogP contribution in [0, 0.1) is 17.8 Å². The van der Waals surface area contributed by atoms with Crippen LogP contribution in [0.1, 0.15) is 23.2 Å². The first-order valence-corrected chi connectivity index (χ1v) is 8.48. The van der Waals surface area contributed by atoms with Crippen molar-refractivity contribution in [1.82, 2.24) is 10.0 Å². The second kappa shape index (κ2) is 6.80. The van der Waals surface area contributed by atoms with Crippen molar-refractivity contribution in [1.29, 1.82) is 0 Å². The molecule has 5 nitrogen and oxygen atoms in total. The molecular weight excluding hydrogens is 323 g/mol. The Kier molecular flexibility index (Phi) is 4.36. The van der Waals surface area contributed by atoms with Gasteiger partial charge in [0.05, 0.1) is 11.7 Å². The fourth-order valence-electron chi connectivity index (χ4n) is 3.76. The summed E-state index contributed by atoms with van der Waals surface area (Å²) in [7, 11) is 0. The number of halogens is 1. The van der Waals surface area contributed by atoms with E-state index in [9.17, 15) is 9.18 Å². The van der Waals surface area contributed by atoms with E-state index in [0.29, 0.717) is 30.5 Å². The van der Waals surface area contributed by atoms with Crippen LogP contribution in [-0.4, -0.2) is 35.2 Å². The van der Waals surface area contributed by atoms with E-state index in [-0.39, 0.29) is 17.8 Å². The van der Waals surface area contributed by atoms with Crippen molar-refractivity contribution in [2.24, 2.45) is 11.8 Å². The molecular formula is C19H19FN2O3. The molecule has 0 spiro atoms. The van der Waals surface area contributed by atoms with Crippen molar-refractivity contribution in [2.75, 3.05) is 13.1 Å². The third-order valence-electron chi connectivity index (χ3n) is 4.91.